The minimum Gasteiger partial charge on any atom is -0.316 e. The number of benzene rings is 1. The average Bonchev–Trinajstić information content (AvgIpc) is 2.86. The monoisotopic (exact) mass is 338 g/mol. The van der Waals surface area contributed by atoms with Crippen LogP contribution in [-0.4, -0.2) is 5.91 Å². The molecule has 3 nitrogen and oxygen atoms in total. The van der Waals surface area contributed by atoms with Crippen LogP contribution in [0.5, 0.6) is 0 Å². The van der Waals surface area contributed by atoms with Crippen molar-refractivity contribution >= 4 is 22.2 Å². The van der Waals surface area contributed by atoms with E-state index in [4.69, 9.17) is 0 Å². The van der Waals surface area contributed by atoms with Crippen molar-refractivity contribution in [2.24, 2.45) is 5.92 Å². The van der Waals surface area contributed by atoms with Crippen LogP contribution in [0.25, 0.3) is 0 Å². The first-order valence-corrected chi connectivity index (χ1v) is 9.20. The highest BCUT2D eigenvalue weighted by molar-refractivity contribution is 7.16. The van der Waals surface area contributed by atoms with Crippen LogP contribution < -0.4 is 5.32 Å². The Balaban J connectivity index is 1.78. The Hall–Kier alpha value is -2.12. The number of hydrogen-bond donors (Lipinski definition) is 1. The second kappa shape index (κ2) is 6.78. The average molecular weight is 338 g/mol. The van der Waals surface area contributed by atoms with Crippen LogP contribution >= 0.6 is 11.3 Å². The first-order chi connectivity index (χ1) is 11.5. The number of carbonyl (C=O) groups excluding carboxylic acids is 1. The van der Waals surface area contributed by atoms with Crippen molar-refractivity contribution < 1.29 is 4.79 Å². The Morgan fingerprint density at radius 1 is 1.42 bits per heavy atom. The number of amides is 1. The first-order valence-electron chi connectivity index (χ1n) is 8.38. The van der Waals surface area contributed by atoms with Gasteiger partial charge >= 0.3 is 0 Å². The number of nitrogens with one attached hydrogen (secondary N) is 1. The molecule has 1 aliphatic rings. The van der Waals surface area contributed by atoms with Gasteiger partial charge in [0.15, 0.2) is 0 Å². The first kappa shape index (κ1) is 16.7. The lowest BCUT2D eigenvalue weighted by atomic mass is 9.88. The maximum atomic E-state index is 12.5. The minimum absolute atomic E-state index is 0.0508. The van der Waals surface area contributed by atoms with Crippen molar-refractivity contribution in [3.63, 3.8) is 0 Å². The van der Waals surface area contributed by atoms with Gasteiger partial charge in [0.25, 0.3) is 0 Å². The minimum atomic E-state index is -0.0508. The highest BCUT2D eigenvalue weighted by Gasteiger charge is 2.24. The van der Waals surface area contributed by atoms with Crippen molar-refractivity contribution in [1.29, 1.82) is 5.26 Å². The summed E-state index contributed by atoms with van der Waals surface area (Å²) in [7, 11) is 0. The predicted molar refractivity (Wildman–Crippen MR) is 98.5 cm³/mol. The zero-order valence-electron chi connectivity index (χ0n) is 14.4. The molecule has 1 aliphatic carbocycles. The molecule has 0 saturated carbocycles. The van der Waals surface area contributed by atoms with Crippen molar-refractivity contribution in [3.8, 4) is 6.07 Å². The maximum Gasteiger partial charge on any atom is 0.229 e. The van der Waals surface area contributed by atoms with E-state index >= 15 is 0 Å². The third kappa shape index (κ3) is 3.37. The van der Waals surface area contributed by atoms with Crippen LogP contribution in [0.1, 0.15) is 46.0 Å². The molecule has 1 amide bonds. The molecule has 1 atom stereocenters. The highest BCUT2D eigenvalue weighted by Crippen LogP contribution is 2.39. The molecule has 0 bridgehead atoms. The molecule has 3 rings (SSSR count). The van der Waals surface area contributed by atoms with Gasteiger partial charge in [-0.25, -0.2) is 0 Å². The van der Waals surface area contributed by atoms with Gasteiger partial charge in [-0.15, -0.1) is 11.3 Å². The zero-order chi connectivity index (χ0) is 17.3. The molecule has 1 aromatic carbocycles. The van der Waals surface area contributed by atoms with Gasteiger partial charge in [-0.2, -0.15) is 5.26 Å². The fourth-order valence-electron chi connectivity index (χ4n) is 3.35. The van der Waals surface area contributed by atoms with E-state index < -0.39 is 0 Å². The third-order valence-electron chi connectivity index (χ3n) is 4.73. The number of thiophene rings is 1. The number of hydrogen-bond acceptors (Lipinski definition) is 3. The van der Waals surface area contributed by atoms with Gasteiger partial charge in [-0.3, -0.25) is 4.79 Å². The molecule has 0 radical (unpaired) electrons. The van der Waals surface area contributed by atoms with Crippen LogP contribution in [-0.2, 0) is 24.1 Å². The standard InChI is InChI=1S/C20H22N2OS/c1-12-4-6-15(14(3)8-12)10-19(23)22-20-17(11-21)16-7-5-13(2)9-18(16)24-20/h4,6,8,13H,5,7,9-10H2,1-3H3,(H,22,23). The normalized spacial score (nSPS) is 16.3. The van der Waals surface area contributed by atoms with Crippen molar-refractivity contribution in [1.82, 2.24) is 0 Å². The Bertz CT molecular complexity index is 829. The summed E-state index contributed by atoms with van der Waals surface area (Å²) in [4.78, 5) is 13.7. The third-order valence-corrected chi connectivity index (χ3v) is 5.90. The lowest BCUT2D eigenvalue weighted by molar-refractivity contribution is -0.115. The van der Waals surface area contributed by atoms with Crippen molar-refractivity contribution in [3.05, 3.63) is 50.9 Å². The summed E-state index contributed by atoms with van der Waals surface area (Å²) in [5.74, 6) is 0.603. The van der Waals surface area contributed by atoms with E-state index in [1.807, 2.05) is 26.0 Å². The Labute approximate surface area is 147 Å². The van der Waals surface area contributed by atoms with E-state index in [1.54, 1.807) is 11.3 Å². The van der Waals surface area contributed by atoms with Gasteiger partial charge in [-0.05, 0) is 55.7 Å². The summed E-state index contributed by atoms with van der Waals surface area (Å²) < 4.78 is 0. The molecular formula is C20H22N2OS. The van der Waals surface area contributed by atoms with Crippen LogP contribution in [0, 0.1) is 31.1 Å². The van der Waals surface area contributed by atoms with Gasteiger partial charge in [0, 0.05) is 4.88 Å². The number of fused-ring (bicyclic) bond motifs is 1. The van der Waals surface area contributed by atoms with Crippen molar-refractivity contribution in [2.75, 3.05) is 5.32 Å². The molecule has 124 valence electrons. The molecule has 1 N–H and O–H groups in total. The number of aryl methyl sites for hydroxylation is 2. The smallest absolute Gasteiger partial charge is 0.229 e. The van der Waals surface area contributed by atoms with Crippen LogP contribution in [0.15, 0.2) is 18.2 Å². The second-order valence-electron chi connectivity index (χ2n) is 6.82. The van der Waals surface area contributed by atoms with Crippen LogP contribution in [0.2, 0.25) is 0 Å². The largest absolute Gasteiger partial charge is 0.316 e. The fourth-order valence-corrected chi connectivity index (χ4v) is 4.72. The summed E-state index contributed by atoms with van der Waals surface area (Å²) in [5, 5.41) is 13.2. The second-order valence-corrected chi connectivity index (χ2v) is 7.93. The SMILES string of the molecule is Cc1ccc(CC(=O)Nc2sc3c(c2C#N)CCC(C)C3)c(C)c1. The number of nitrogens with zero attached hydrogens (tertiary/aromatic N) is 1. The van der Waals surface area contributed by atoms with Crippen LogP contribution in [0.4, 0.5) is 5.00 Å². The molecule has 0 fully saturated rings. The van der Waals surface area contributed by atoms with E-state index in [0.29, 0.717) is 17.9 Å². The molecule has 24 heavy (non-hydrogen) atoms. The number of nitriles is 1. The molecule has 1 heterocycles. The Morgan fingerprint density at radius 3 is 2.92 bits per heavy atom. The summed E-state index contributed by atoms with van der Waals surface area (Å²) in [6, 6.07) is 8.43. The van der Waals surface area contributed by atoms with E-state index in [9.17, 15) is 10.1 Å². The van der Waals surface area contributed by atoms with E-state index in [-0.39, 0.29) is 5.91 Å². The van der Waals surface area contributed by atoms with Gasteiger partial charge in [0.1, 0.15) is 11.1 Å². The number of rotatable bonds is 3. The van der Waals surface area contributed by atoms with E-state index in [1.165, 1.54) is 10.4 Å². The lowest BCUT2D eigenvalue weighted by Gasteiger charge is -2.17. The molecule has 0 saturated heterocycles. The molecule has 0 spiro atoms. The number of carbonyl (C=O) groups is 1. The maximum absolute atomic E-state index is 12.5. The predicted octanol–water partition coefficient (Wildman–Crippen LogP) is 4.54. The van der Waals surface area contributed by atoms with E-state index in [0.717, 1.165) is 41.0 Å². The highest BCUT2D eigenvalue weighted by atomic mass is 32.1. The molecule has 2 aromatic rings. The van der Waals surface area contributed by atoms with Gasteiger partial charge in [0.2, 0.25) is 5.91 Å². The number of anilines is 1. The summed E-state index contributed by atoms with van der Waals surface area (Å²) in [6.45, 7) is 6.32. The molecule has 1 aromatic heterocycles. The Kier molecular flexibility index (Phi) is 4.73. The van der Waals surface area contributed by atoms with Gasteiger partial charge in [0.05, 0.1) is 12.0 Å². The lowest BCUT2D eigenvalue weighted by Crippen LogP contribution is -2.15. The molecule has 0 aliphatic heterocycles. The summed E-state index contributed by atoms with van der Waals surface area (Å²) in [6.07, 6.45) is 3.43. The molecule has 1 unspecified atom stereocenters. The summed E-state index contributed by atoms with van der Waals surface area (Å²) in [5.41, 5.74) is 5.19. The van der Waals surface area contributed by atoms with Gasteiger partial charge < -0.3 is 5.32 Å². The van der Waals surface area contributed by atoms with Crippen LogP contribution in [0.3, 0.4) is 0 Å². The summed E-state index contributed by atoms with van der Waals surface area (Å²) >= 11 is 1.58. The van der Waals surface area contributed by atoms with Gasteiger partial charge in [-0.1, -0.05) is 30.7 Å². The Morgan fingerprint density at radius 2 is 2.21 bits per heavy atom. The zero-order valence-corrected chi connectivity index (χ0v) is 15.2. The molecular weight excluding hydrogens is 316 g/mol. The molecule has 4 heteroatoms. The van der Waals surface area contributed by atoms with E-state index in [2.05, 4.69) is 24.4 Å². The van der Waals surface area contributed by atoms with Crippen molar-refractivity contribution in [2.45, 2.75) is 46.5 Å². The topological polar surface area (TPSA) is 52.9 Å². The quantitative estimate of drug-likeness (QED) is 0.893. The fraction of sp³-hybridized carbons (Fsp3) is 0.400.